The van der Waals surface area contributed by atoms with E-state index in [4.69, 9.17) is 4.74 Å². The van der Waals surface area contributed by atoms with Crippen molar-refractivity contribution >= 4 is 17.5 Å². The molecular weight excluding hydrogens is 448 g/mol. The summed E-state index contributed by atoms with van der Waals surface area (Å²) in [5.74, 6) is -2.08. The van der Waals surface area contributed by atoms with Crippen LogP contribution in [0, 0.1) is 17.7 Å². The number of alkyl halides is 1. The first-order valence-corrected chi connectivity index (χ1v) is 11.9. The molecule has 188 valence electrons. The molecule has 8 nitrogen and oxygen atoms in total. The van der Waals surface area contributed by atoms with Gasteiger partial charge >= 0.3 is 0 Å². The van der Waals surface area contributed by atoms with Crippen molar-refractivity contribution in [1.82, 2.24) is 9.80 Å². The second-order valence-electron chi connectivity index (χ2n) is 9.77. The van der Waals surface area contributed by atoms with Crippen LogP contribution in [0.3, 0.4) is 0 Å². The second-order valence-corrected chi connectivity index (χ2v) is 9.77. The van der Waals surface area contributed by atoms with Crippen molar-refractivity contribution in [2.24, 2.45) is 11.8 Å². The fourth-order valence-electron chi connectivity index (χ4n) is 5.20. The van der Waals surface area contributed by atoms with E-state index in [1.807, 2.05) is 23.6 Å². The highest BCUT2D eigenvalue weighted by atomic mass is 19.1. The molecule has 0 spiro atoms. The third kappa shape index (κ3) is 5.18. The Kier molecular flexibility index (Phi) is 7.39. The van der Waals surface area contributed by atoms with E-state index < -0.39 is 42.0 Å². The standard InChI is InChI=1S/C24H33F2N3O5/c1-14(2)34-22-4-3-15(25)9-20(22)28-7-5-27(6-8-28)12-16(30)13-29-23(32)17-10-19(26)21(31)11-18(17)24(29)33/h3-4,9,14,16-19,21,30-31H,5-8,10-13H2,1-2H3. The third-order valence-electron chi connectivity index (χ3n) is 6.90. The zero-order valence-electron chi connectivity index (χ0n) is 19.6. The lowest BCUT2D eigenvalue weighted by Crippen LogP contribution is -2.50. The van der Waals surface area contributed by atoms with Gasteiger partial charge in [0.1, 0.15) is 17.7 Å². The predicted molar refractivity (Wildman–Crippen MR) is 121 cm³/mol. The topological polar surface area (TPSA) is 93.6 Å². The van der Waals surface area contributed by atoms with Gasteiger partial charge in [0.25, 0.3) is 0 Å². The van der Waals surface area contributed by atoms with Crippen LogP contribution in [0.2, 0.25) is 0 Å². The summed E-state index contributed by atoms with van der Waals surface area (Å²) < 4.78 is 33.6. The number of amides is 2. The molecule has 34 heavy (non-hydrogen) atoms. The Morgan fingerprint density at radius 1 is 1.06 bits per heavy atom. The first kappa shape index (κ1) is 24.8. The number of halogens is 2. The van der Waals surface area contributed by atoms with E-state index in [-0.39, 0.29) is 37.9 Å². The fraction of sp³-hybridized carbons (Fsp3) is 0.667. The highest BCUT2D eigenvalue weighted by Gasteiger charge is 2.52. The number of ether oxygens (including phenoxy) is 1. The smallest absolute Gasteiger partial charge is 0.233 e. The van der Waals surface area contributed by atoms with Crippen LogP contribution in [0.15, 0.2) is 18.2 Å². The first-order chi connectivity index (χ1) is 16.1. The van der Waals surface area contributed by atoms with E-state index >= 15 is 0 Å². The highest BCUT2D eigenvalue weighted by molar-refractivity contribution is 6.05. The zero-order chi connectivity index (χ0) is 24.6. The highest BCUT2D eigenvalue weighted by Crippen LogP contribution is 2.39. The number of aliphatic hydroxyl groups is 2. The van der Waals surface area contributed by atoms with Crippen LogP contribution in [-0.2, 0) is 9.59 Å². The number of aliphatic hydroxyl groups excluding tert-OH is 2. The first-order valence-electron chi connectivity index (χ1n) is 11.9. The monoisotopic (exact) mass is 481 g/mol. The van der Waals surface area contributed by atoms with Crippen molar-refractivity contribution in [2.75, 3.05) is 44.2 Å². The minimum atomic E-state index is -1.51. The molecule has 4 rings (SSSR count). The van der Waals surface area contributed by atoms with Gasteiger partial charge in [0.05, 0.1) is 42.4 Å². The Morgan fingerprint density at radius 2 is 1.71 bits per heavy atom. The van der Waals surface area contributed by atoms with Gasteiger partial charge in [-0.05, 0) is 38.8 Å². The van der Waals surface area contributed by atoms with Crippen LogP contribution < -0.4 is 9.64 Å². The maximum atomic E-state index is 13.9. The van der Waals surface area contributed by atoms with E-state index in [0.717, 1.165) is 4.90 Å². The second kappa shape index (κ2) is 10.1. The van der Waals surface area contributed by atoms with Crippen LogP contribution in [0.4, 0.5) is 14.5 Å². The summed E-state index contributed by atoms with van der Waals surface area (Å²) in [6.07, 6.45) is -3.95. The number of hydrogen-bond donors (Lipinski definition) is 2. The van der Waals surface area contributed by atoms with Gasteiger partial charge < -0.3 is 19.8 Å². The normalized spacial score (nSPS) is 29.0. The zero-order valence-corrected chi connectivity index (χ0v) is 19.6. The minimum absolute atomic E-state index is 0.0421. The molecule has 1 aliphatic carbocycles. The summed E-state index contributed by atoms with van der Waals surface area (Å²) in [7, 11) is 0. The summed E-state index contributed by atoms with van der Waals surface area (Å²) >= 11 is 0. The molecule has 0 aromatic heterocycles. The van der Waals surface area contributed by atoms with Crippen molar-refractivity contribution in [3.05, 3.63) is 24.0 Å². The van der Waals surface area contributed by atoms with Gasteiger partial charge in [0.2, 0.25) is 11.8 Å². The largest absolute Gasteiger partial charge is 0.489 e. The molecule has 0 radical (unpaired) electrons. The molecule has 2 aliphatic heterocycles. The maximum absolute atomic E-state index is 13.9. The molecule has 1 saturated carbocycles. The van der Waals surface area contributed by atoms with Gasteiger partial charge in [0, 0.05) is 38.8 Å². The van der Waals surface area contributed by atoms with Crippen LogP contribution in [0.1, 0.15) is 26.7 Å². The fourth-order valence-corrected chi connectivity index (χ4v) is 5.20. The Bertz CT molecular complexity index is 881. The molecule has 3 aliphatic rings. The van der Waals surface area contributed by atoms with Gasteiger partial charge in [-0.15, -0.1) is 0 Å². The van der Waals surface area contributed by atoms with Gasteiger partial charge in [-0.25, -0.2) is 8.78 Å². The van der Waals surface area contributed by atoms with E-state index in [1.165, 1.54) is 12.1 Å². The van der Waals surface area contributed by atoms with Crippen molar-refractivity contribution < 1.29 is 33.3 Å². The number of β-amino-alcohol motifs (C(OH)–C–C–N with tert-alkyl or cyclic N) is 1. The summed E-state index contributed by atoms with van der Waals surface area (Å²) in [6.45, 7) is 6.37. The lowest BCUT2D eigenvalue weighted by atomic mass is 9.78. The minimum Gasteiger partial charge on any atom is -0.489 e. The predicted octanol–water partition coefficient (Wildman–Crippen LogP) is 1.19. The van der Waals surface area contributed by atoms with Gasteiger partial charge in [0.15, 0.2) is 0 Å². The molecule has 2 saturated heterocycles. The average Bonchev–Trinajstić information content (AvgIpc) is 3.00. The molecule has 1 aromatic carbocycles. The summed E-state index contributed by atoms with van der Waals surface area (Å²) in [6, 6.07) is 4.47. The molecule has 10 heteroatoms. The van der Waals surface area contributed by atoms with Crippen molar-refractivity contribution in [3.63, 3.8) is 0 Å². The molecule has 5 atom stereocenters. The summed E-state index contributed by atoms with van der Waals surface area (Å²) in [5.41, 5.74) is 0.693. The number of carbonyl (C=O) groups excluding carboxylic acids is 2. The summed E-state index contributed by atoms with van der Waals surface area (Å²) in [5, 5.41) is 20.3. The van der Waals surface area contributed by atoms with Crippen molar-refractivity contribution in [2.45, 2.75) is 51.2 Å². The Morgan fingerprint density at radius 3 is 2.35 bits per heavy atom. The number of anilines is 1. The van der Waals surface area contributed by atoms with Crippen LogP contribution in [-0.4, -0.2) is 95.6 Å². The molecular formula is C24H33F2N3O5. The lowest BCUT2D eigenvalue weighted by Gasteiger charge is -2.37. The van der Waals surface area contributed by atoms with E-state index in [2.05, 4.69) is 0 Å². The number of hydrogen-bond acceptors (Lipinski definition) is 7. The number of nitrogens with zero attached hydrogens (tertiary/aromatic N) is 3. The molecule has 3 fully saturated rings. The number of benzene rings is 1. The number of fused-ring (bicyclic) bond motifs is 1. The average molecular weight is 482 g/mol. The van der Waals surface area contributed by atoms with Gasteiger partial charge in [-0.1, -0.05) is 0 Å². The molecule has 5 unspecified atom stereocenters. The molecule has 2 heterocycles. The molecule has 2 N–H and O–H groups in total. The maximum Gasteiger partial charge on any atom is 0.233 e. The molecule has 0 bridgehead atoms. The SMILES string of the molecule is CC(C)Oc1ccc(F)cc1N1CCN(CC(O)CN2C(=O)C3CC(O)C(F)CC3C2=O)CC1. The molecule has 1 aromatic rings. The number of rotatable bonds is 7. The number of likely N-dealkylation sites (tertiary alicyclic amines) is 1. The van der Waals surface area contributed by atoms with Crippen LogP contribution in [0.25, 0.3) is 0 Å². The Balaban J connectivity index is 1.31. The van der Waals surface area contributed by atoms with Crippen LogP contribution in [0.5, 0.6) is 5.75 Å². The van der Waals surface area contributed by atoms with E-state index in [0.29, 0.717) is 37.6 Å². The number of piperazine rings is 1. The van der Waals surface area contributed by atoms with Gasteiger partial charge in [-0.3, -0.25) is 19.4 Å². The lowest BCUT2D eigenvalue weighted by molar-refractivity contribution is -0.141. The Labute approximate surface area is 198 Å². The number of carbonyl (C=O) groups is 2. The van der Waals surface area contributed by atoms with E-state index in [1.54, 1.807) is 6.07 Å². The third-order valence-corrected chi connectivity index (χ3v) is 6.90. The quantitative estimate of drug-likeness (QED) is 0.565. The van der Waals surface area contributed by atoms with E-state index in [9.17, 15) is 28.6 Å². The Hall–Kier alpha value is -2.30. The van der Waals surface area contributed by atoms with Gasteiger partial charge in [-0.2, -0.15) is 0 Å². The van der Waals surface area contributed by atoms with Crippen LogP contribution >= 0.6 is 0 Å². The van der Waals surface area contributed by atoms with Crippen molar-refractivity contribution in [1.29, 1.82) is 0 Å². The molecule has 2 amide bonds. The van der Waals surface area contributed by atoms with Crippen molar-refractivity contribution in [3.8, 4) is 5.75 Å². The summed E-state index contributed by atoms with van der Waals surface area (Å²) in [4.78, 5) is 30.4. The number of imide groups is 1.